The quantitative estimate of drug-likeness (QED) is 0.912. The van der Waals surface area contributed by atoms with E-state index in [0.29, 0.717) is 5.56 Å². The minimum absolute atomic E-state index is 0.162. The van der Waals surface area contributed by atoms with E-state index in [-0.39, 0.29) is 12.5 Å². The lowest BCUT2D eigenvalue weighted by atomic mass is 10.0. The van der Waals surface area contributed by atoms with E-state index in [0.717, 1.165) is 24.1 Å². The van der Waals surface area contributed by atoms with Crippen LogP contribution in [0.15, 0.2) is 42.5 Å². The van der Waals surface area contributed by atoms with Crippen molar-refractivity contribution in [1.82, 2.24) is 5.32 Å². The van der Waals surface area contributed by atoms with Crippen molar-refractivity contribution in [2.75, 3.05) is 25.0 Å². The Hall–Kier alpha value is -2.33. The molecule has 1 amide bonds. The van der Waals surface area contributed by atoms with Crippen molar-refractivity contribution in [2.24, 2.45) is 0 Å². The Kier molecular flexibility index (Phi) is 4.35. The molecule has 4 nitrogen and oxygen atoms in total. The lowest BCUT2D eigenvalue weighted by Gasteiger charge is -2.15. The maximum Gasteiger partial charge on any atom is 0.251 e. The van der Waals surface area contributed by atoms with E-state index in [1.165, 1.54) is 11.3 Å². The zero-order chi connectivity index (χ0) is 16.4. The third kappa shape index (κ3) is 3.37. The zero-order valence-corrected chi connectivity index (χ0v) is 13.5. The SMILES string of the molecule is Cc1ccc(C(=O)NCC(O)c2ccc3c(c2)CCN3C)cc1. The number of anilines is 1. The molecule has 1 heterocycles. The van der Waals surface area contributed by atoms with Crippen LogP contribution in [0.3, 0.4) is 0 Å². The summed E-state index contributed by atoms with van der Waals surface area (Å²) in [6, 6.07) is 13.4. The molecule has 0 bridgehead atoms. The molecule has 120 valence electrons. The standard InChI is InChI=1S/C19H22N2O2/c1-13-3-5-14(6-4-13)19(23)20-12-18(22)16-7-8-17-15(11-16)9-10-21(17)2/h3-8,11,18,22H,9-10,12H2,1-2H3,(H,20,23). The summed E-state index contributed by atoms with van der Waals surface area (Å²) in [4.78, 5) is 14.3. The first-order chi connectivity index (χ1) is 11.0. The van der Waals surface area contributed by atoms with E-state index in [1.54, 1.807) is 12.1 Å². The van der Waals surface area contributed by atoms with Crippen LogP contribution >= 0.6 is 0 Å². The van der Waals surface area contributed by atoms with Crippen LogP contribution in [0.25, 0.3) is 0 Å². The largest absolute Gasteiger partial charge is 0.387 e. The highest BCUT2D eigenvalue weighted by Crippen LogP contribution is 2.29. The first-order valence-corrected chi connectivity index (χ1v) is 7.91. The lowest BCUT2D eigenvalue weighted by Crippen LogP contribution is -2.28. The summed E-state index contributed by atoms with van der Waals surface area (Å²) in [7, 11) is 2.07. The van der Waals surface area contributed by atoms with Gasteiger partial charge in [0.05, 0.1) is 6.10 Å². The van der Waals surface area contributed by atoms with Gasteiger partial charge in [-0.2, -0.15) is 0 Å². The summed E-state index contributed by atoms with van der Waals surface area (Å²) in [6.45, 7) is 3.21. The van der Waals surface area contributed by atoms with E-state index in [9.17, 15) is 9.90 Å². The second kappa shape index (κ2) is 6.42. The third-order valence-corrected chi connectivity index (χ3v) is 4.39. The number of nitrogens with zero attached hydrogens (tertiary/aromatic N) is 1. The van der Waals surface area contributed by atoms with Crippen LogP contribution in [0, 0.1) is 6.92 Å². The molecule has 1 unspecified atom stereocenters. The molecule has 1 atom stereocenters. The number of likely N-dealkylation sites (N-methyl/N-ethyl adjacent to an activating group) is 1. The van der Waals surface area contributed by atoms with Crippen LogP contribution in [-0.4, -0.2) is 31.2 Å². The molecule has 0 aromatic heterocycles. The Morgan fingerprint density at radius 1 is 1.26 bits per heavy atom. The first-order valence-electron chi connectivity index (χ1n) is 7.91. The molecule has 0 spiro atoms. The number of aliphatic hydroxyl groups is 1. The van der Waals surface area contributed by atoms with Crippen LogP contribution in [0.1, 0.15) is 33.2 Å². The molecule has 1 aliphatic heterocycles. The molecule has 0 saturated heterocycles. The van der Waals surface area contributed by atoms with Gasteiger partial charge in [0, 0.05) is 31.4 Å². The number of nitrogens with one attached hydrogen (secondary N) is 1. The van der Waals surface area contributed by atoms with Gasteiger partial charge >= 0.3 is 0 Å². The zero-order valence-electron chi connectivity index (χ0n) is 13.5. The Balaban J connectivity index is 1.62. The van der Waals surface area contributed by atoms with Crippen molar-refractivity contribution >= 4 is 11.6 Å². The molecular weight excluding hydrogens is 288 g/mol. The molecule has 0 aliphatic carbocycles. The van der Waals surface area contributed by atoms with Crippen molar-refractivity contribution in [2.45, 2.75) is 19.4 Å². The van der Waals surface area contributed by atoms with Crippen LogP contribution < -0.4 is 10.2 Å². The number of hydrogen-bond donors (Lipinski definition) is 2. The van der Waals surface area contributed by atoms with Gasteiger partial charge in [0.1, 0.15) is 0 Å². The van der Waals surface area contributed by atoms with Crippen LogP contribution in [0.4, 0.5) is 5.69 Å². The minimum atomic E-state index is -0.694. The van der Waals surface area contributed by atoms with Gasteiger partial charge in [0.15, 0.2) is 0 Å². The highest BCUT2D eigenvalue weighted by molar-refractivity contribution is 5.94. The van der Waals surface area contributed by atoms with Gasteiger partial charge in [-0.25, -0.2) is 0 Å². The second-order valence-electron chi connectivity index (χ2n) is 6.15. The summed E-state index contributed by atoms with van der Waals surface area (Å²) >= 11 is 0. The van der Waals surface area contributed by atoms with Crippen molar-refractivity contribution in [3.05, 3.63) is 64.7 Å². The van der Waals surface area contributed by atoms with Gasteiger partial charge in [-0.15, -0.1) is 0 Å². The number of carbonyl (C=O) groups excluding carboxylic acids is 1. The predicted octanol–water partition coefficient (Wildman–Crippen LogP) is 2.45. The number of carbonyl (C=O) groups is 1. The highest BCUT2D eigenvalue weighted by Gasteiger charge is 2.18. The lowest BCUT2D eigenvalue weighted by molar-refractivity contribution is 0.0916. The average Bonchev–Trinajstić information content (AvgIpc) is 2.93. The monoisotopic (exact) mass is 310 g/mol. The molecule has 2 aromatic rings. The van der Waals surface area contributed by atoms with Gasteiger partial charge in [-0.3, -0.25) is 4.79 Å². The van der Waals surface area contributed by atoms with Crippen molar-refractivity contribution in [3.63, 3.8) is 0 Å². The normalized spacial score (nSPS) is 14.5. The summed E-state index contributed by atoms with van der Waals surface area (Å²) < 4.78 is 0. The number of aliphatic hydroxyl groups excluding tert-OH is 1. The number of aryl methyl sites for hydroxylation is 1. The molecule has 4 heteroatoms. The van der Waals surface area contributed by atoms with Crippen molar-refractivity contribution in [1.29, 1.82) is 0 Å². The van der Waals surface area contributed by atoms with E-state index in [2.05, 4.69) is 17.3 Å². The minimum Gasteiger partial charge on any atom is -0.387 e. The molecule has 0 radical (unpaired) electrons. The van der Waals surface area contributed by atoms with Gasteiger partial charge in [-0.05, 0) is 42.7 Å². The number of amides is 1. The van der Waals surface area contributed by atoms with Crippen molar-refractivity contribution < 1.29 is 9.90 Å². The van der Waals surface area contributed by atoms with Crippen LogP contribution in [-0.2, 0) is 6.42 Å². The van der Waals surface area contributed by atoms with Gasteiger partial charge < -0.3 is 15.3 Å². The van der Waals surface area contributed by atoms with E-state index in [1.807, 2.05) is 37.3 Å². The topological polar surface area (TPSA) is 52.6 Å². The fraction of sp³-hybridized carbons (Fsp3) is 0.316. The fourth-order valence-electron chi connectivity index (χ4n) is 2.91. The molecule has 0 saturated carbocycles. The number of hydrogen-bond acceptors (Lipinski definition) is 3. The molecular formula is C19H22N2O2. The van der Waals surface area contributed by atoms with E-state index >= 15 is 0 Å². The Morgan fingerprint density at radius 3 is 2.74 bits per heavy atom. The fourth-order valence-corrected chi connectivity index (χ4v) is 2.91. The predicted molar refractivity (Wildman–Crippen MR) is 91.9 cm³/mol. The molecule has 0 fully saturated rings. The smallest absolute Gasteiger partial charge is 0.251 e. The van der Waals surface area contributed by atoms with Crippen LogP contribution in [0.2, 0.25) is 0 Å². The first kappa shape index (κ1) is 15.6. The second-order valence-corrected chi connectivity index (χ2v) is 6.15. The van der Waals surface area contributed by atoms with E-state index in [4.69, 9.17) is 0 Å². The Labute approximate surface area is 136 Å². The number of benzene rings is 2. The Bertz CT molecular complexity index is 710. The average molecular weight is 310 g/mol. The van der Waals surface area contributed by atoms with Gasteiger partial charge in [-0.1, -0.05) is 29.8 Å². The number of rotatable bonds is 4. The molecule has 1 aliphatic rings. The third-order valence-electron chi connectivity index (χ3n) is 4.39. The van der Waals surface area contributed by atoms with Crippen LogP contribution in [0.5, 0.6) is 0 Å². The van der Waals surface area contributed by atoms with Gasteiger partial charge in [0.25, 0.3) is 5.91 Å². The molecule has 3 rings (SSSR count). The maximum atomic E-state index is 12.1. The summed E-state index contributed by atoms with van der Waals surface area (Å²) in [5.41, 5.74) is 5.06. The molecule has 2 aromatic carbocycles. The summed E-state index contributed by atoms with van der Waals surface area (Å²) in [5, 5.41) is 13.1. The molecule has 23 heavy (non-hydrogen) atoms. The summed E-state index contributed by atoms with van der Waals surface area (Å²) in [5.74, 6) is -0.162. The van der Waals surface area contributed by atoms with Crippen molar-refractivity contribution in [3.8, 4) is 0 Å². The highest BCUT2D eigenvalue weighted by atomic mass is 16.3. The van der Waals surface area contributed by atoms with E-state index < -0.39 is 6.10 Å². The summed E-state index contributed by atoms with van der Waals surface area (Å²) in [6.07, 6.45) is 0.308. The number of fused-ring (bicyclic) bond motifs is 1. The van der Waals surface area contributed by atoms with Gasteiger partial charge in [0.2, 0.25) is 0 Å². The molecule has 2 N–H and O–H groups in total. The maximum absolute atomic E-state index is 12.1. The Morgan fingerprint density at radius 2 is 2.00 bits per heavy atom.